The Kier molecular flexibility index (Phi) is 5.10. The molecule has 2 nitrogen and oxygen atoms in total. The van der Waals surface area contributed by atoms with E-state index in [1.165, 1.54) is 24.3 Å². The van der Waals surface area contributed by atoms with Crippen LogP contribution in [0.15, 0.2) is 40.9 Å². The zero-order chi connectivity index (χ0) is 14.7. The lowest BCUT2D eigenvalue weighted by molar-refractivity contribution is 0.541. The van der Waals surface area contributed by atoms with Gasteiger partial charge in [-0.1, -0.05) is 17.7 Å². The largest absolute Gasteiger partial charge is 0.271 e. The second-order valence-electron chi connectivity index (χ2n) is 4.33. The second kappa shape index (κ2) is 6.63. The van der Waals surface area contributed by atoms with Crippen LogP contribution in [-0.4, -0.2) is 0 Å². The first-order chi connectivity index (χ1) is 9.51. The zero-order valence-electron chi connectivity index (χ0n) is 10.3. The molecule has 0 aromatic heterocycles. The van der Waals surface area contributed by atoms with Crippen molar-refractivity contribution in [2.75, 3.05) is 0 Å². The fraction of sp³-hybridized carbons (Fsp3) is 0.143. The monoisotopic (exact) mass is 360 g/mol. The quantitative estimate of drug-likeness (QED) is 0.635. The summed E-state index contributed by atoms with van der Waals surface area (Å²) in [5.41, 5.74) is 3.87. The molecular weight excluding hydrogens is 350 g/mol. The van der Waals surface area contributed by atoms with Crippen LogP contribution in [0.1, 0.15) is 17.2 Å². The molecule has 106 valence electrons. The summed E-state index contributed by atoms with van der Waals surface area (Å²) in [6.45, 7) is 0. The predicted molar refractivity (Wildman–Crippen MR) is 79.3 cm³/mol. The van der Waals surface area contributed by atoms with E-state index in [1.54, 1.807) is 12.1 Å². The van der Waals surface area contributed by atoms with Crippen LogP contribution < -0.4 is 11.3 Å². The Labute approximate surface area is 129 Å². The van der Waals surface area contributed by atoms with Gasteiger partial charge >= 0.3 is 0 Å². The van der Waals surface area contributed by atoms with Gasteiger partial charge in [0, 0.05) is 5.02 Å². The van der Waals surface area contributed by atoms with Crippen LogP contribution in [0.25, 0.3) is 0 Å². The van der Waals surface area contributed by atoms with Crippen molar-refractivity contribution in [2.24, 2.45) is 5.84 Å². The van der Waals surface area contributed by atoms with E-state index < -0.39 is 0 Å². The molecular formula is C14H12BrClF2N2. The van der Waals surface area contributed by atoms with Gasteiger partial charge < -0.3 is 0 Å². The third kappa shape index (κ3) is 3.55. The standard InChI is InChI=1S/C14H12BrClF2N2/c15-11-3-1-8(6-13(11)18)14(20-19)7-9-5-10(17)2-4-12(9)16/h1-6,14,20H,7,19H2. The van der Waals surface area contributed by atoms with Gasteiger partial charge in [-0.15, -0.1) is 0 Å². The summed E-state index contributed by atoms with van der Waals surface area (Å²) in [4.78, 5) is 0. The molecule has 20 heavy (non-hydrogen) atoms. The third-order valence-corrected chi connectivity index (χ3v) is 3.99. The molecule has 0 amide bonds. The Bertz CT molecular complexity index is 622. The summed E-state index contributed by atoms with van der Waals surface area (Å²) >= 11 is 9.12. The number of benzene rings is 2. The average Bonchev–Trinajstić information content (AvgIpc) is 2.43. The van der Waals surface area contributed by atoms with Gasteiger partial charge in [-0.2, -0.15) is 0 Å². The van der Waals surface area contributed by atoms with Crippen molar-refractivity contribution < 1.29 is 8.78 Å². The van der Waals surface area contributed by atoms with Gasteiger partial charge in [0.25, 0.3) is 0 Å². The number of nitrogens with two attached hydrogens (primary N) is 1. The van der Waals surface area contributed by atoms with Gasteiger partial charge in [0.15, 0.2) is 0 Å². The maximum atomic E-state index is 13.6. The molecule has 1 atom stereocenters. The summed E-state index contributed by atoms with van der Waals surface area (Å²) in [5.74, 6) is 4.75. The Morgan fingerprint density at radius 3 is 2.60 bits per heavy atom. The van der Waals surface area contributed by atoms with Crippen molar-refractivity contribution in [1.82, 2.24) is 5.43 Å². The Morgan fingerprint density at radius 1 is 1.20 bits per heavy atom. The smallest absolute Gasteiger partial charge is 0.137 e. The van der Waals surface area contributed by atoms with Crippen LogP contribution in [0.4, 0.5) is 8.78 Å². The van der Waals surface area contributed by atoms with E-state index in [0.29, 0.717) is 27.0 Å². The Morgan fingerprint density at radius 2 is 1.95 bits per heavy atom. The molecule has 0 saturated heterocycles. The SMILES string of the molecule is NNC(Cc1cc(F)ccc1Cl)c1ccc(Br)c(F)c1. The van der Waals surface area contributed by atoms with Crippen molar-refractivity contribution in [3.05, 3.63) is 68.7 Å². The predicted octanol–water partition coefficient (Wildman–Crippen LogP) is 4.13. The summed E-state index contributed by atoms with van der Waals surface area (Å²) in [6, 6.07) is 8.48. The average molecular weight is 362 g/mol. The van der Waals surface area contributed by atoms with Crippen molar-refractivity contribution in [3.63, 3.8) is 0 Å². The molecule has 0 radical (unpaired) electrons. The molecule has 2 aromatic carbocycles. The van der Waals surface area contributed by atoms with Crippen LogP contribution in [0.5, 0.6) is 0 Å². The molecule has 0 aliphatic carbocycles. The number of hydrogen-bond acceptors (Lipinski definition) is 2. The van der Waals surface area contributed by atoms with Gasteiger partial charge in [-0.25, -0.2) is 8.78 Å². The van der Waals surface area contributed by atoms with Crippen molar-refractivity contribution in [2.45, 2.75) is 12.5 Å². The van der Waals surface area contributed by atoms with Gasteiger partial charge in [0.05, 0.1) is 10.5 Å². The van der Waals surface area contributed by atoms with Crippen LogP contribution in [0, 0.1) is 11.6 Å². The normalized spacial score (nSPS) is 12.4. The van der Waals surface area contributed by atoms with Crippen molar-refractivity contribution in [3.8, 4) is 0 Å². The molecule has 2 aromatic rings. The van der Waals surface area contributed by atoms with E-state index in [-0.39, 0.29) is 17.7 Å². The number of halogens is 4. The molecule has 0 fully saturated rings. The fourth-order valence-electron chi connectivity index (χ4n) is 1.92. The Hall–Kier alpha value is -1.01. The summed E-state index contributed by atoms with van der Waals surface area (Å²) in [6.07, 6.45) is 0.355. The van der Waals surface area contributed by atoms with E-state index >= 15 is 0 Å². The van der Waals surface area contributed by atoms with E-state index in [9.17, 15) is 8.78 Å². The van der Waals surface area contributed by atoms with E-state index in [2.05, 4.69) is 21.4 Å². The lowest BCUT2D eigenvalue weighted by Gasteiger charge is -2.17. The highest BCUT2D eigenvalue weighted by molar-refractivity contribution is 9.10. The fourth-order valence-corrected chi connectivity index (χ4v) is 2.36. The molecule has 0 heterocycles. The summed E-state index contributed by atoms with van der Waals surface area (Å²) in [5, 5.41) is 0.448. The van der Waals surface area contributed by atoms with Crippen LogP contribution in [-0.2, 0) is 6.42 Å². The molecule has 6 heteroatoms. The molecule has 0 aliphatic rings. The number of hydrogen-bond donors (Lipinski definition) is 2. The molecule has 3 N–H and O–H groups in total. The second-order valence-corrected chi connectivity index (χ2v) is 5.59. The Balaban J connectivity index is 2.28. The van der Waals surface area contributed by atoms with Gasteiger partial charge in [-0.05, 0) is 63.8 Å². The topological polar surface area (TPSA) is 38.0 Å². The van der Waals surface area contributed by atoms with Crippen LogP contribution >= 0.6 is 27.5 Å². The highest BCUT2D eigenvalue weighted by Crippen LogP contribution is 2.26. The first-order valence-electron chi connectivity index (χ1n) is 5.86. The summed E-state index contributed by atoms with van der Waals surface area (Å²) < 4.78 is 27.2. The minimum atomic E-state index is -0.381. The van der Waals surface area contributed by atoms with Gasteiger partial charge in [0.1, 0.15) is 11.6 Å². The maximum absolute atomic E-state index is 13.6. The van der Waals surface area contributed by atoms with Crippen molar-refractivity contribution >= 4 is 27.5 Å². The van der Waals surface area contributed by atoms with Gasteiger partial charge in [0.2, 0.25) is 0 Å². The molecule has 0 spiro atoms. The number of rotatable bonds is 4. The molecule has 0 aliphatic heterocycles. The molecule has 0 bridgehead atoms. The molecule has 1 unspecified atom stereocenters. The molecule has 0 saturated carbocycles. The first kappa shape index (κ1) is 15.4. The maximum Gasteiger partial charge on any atom is 0.137 e. The van der Waals surface area contributed by atoms with E-state index in [4.69, 9.17) is 17.4 Å². The zero-order valence-corrected chi connectivity index (χ0v) is 12.7. The number of nitrogens with one attached hydrogen (secondary N) is 1. The lowest BCUT2D eigenvalue weighted by atomic mass is 9.99. The third-order valence-electron chi connectivity index (χ3n) is 2.98. The minimum absolute atomic E-state index is 0.355. The van der Waals surface area contributed by atoms with E-state index in [1.807, 2.05) is 0 Å². The minimum Gasteiger partial charge on any atom is -0.271 e. The first-order valence-corrected chi connectivity index (χ1v) is 7.03. The van der Waals surface area contributed by atoms with Gasteiger partial charge in [-0.3, -0.25) is 11.3 Å². The number of hydrazine groups is 1. The lowest BCUT2D eigenvalue weighted by Crippen LogP contribution is -2.29. The summed E-state index contributed by atoms with van der Waals surface area (Å²) in [7, 11) is 0. The van der Waals surface area contributed by atoms with E-state index in [0.717, 1.165) is 0 Å². The molecule has 2 rings (SSSR count). The van der Waals surface area contributed by atoms with Crippen LogP contribution in [0.2, 0.25) is 5.02 Å². The van der Waals surface area contributed by atoms with Crippen molar-refractivity contribution in [1.29, 1.82) is 0 Å². The highest BCUT2D eigenvalue weighted by Gasteiger charge is 2.14. The highest BCUT2D eigenvalue weighted by atomic mass is 79.9. The van der Waals surface area contributed by atoms with Crippen LogP contribution in [0.3, 0.4) is 0 Å².